The van der Waals surface area contributed by atoms with E-state index in [2.05, 4.69) is 33.1 Å². The van der Waals surface area contributed by atoms with Crippen LogP contribution < -0.4 is 0 Å². The zero-order valence-electron chi connectivity index (χ0n) is 5.57. The molecule has 0 aliphatic carbocycles. The number of rotatable bonds is 5. The molecule has 0 radical (unpaired) electrons. The molecule has 0 unspecified atom stereocenters. The van der Waals surface area contributed by atoms with E-state index in [1.807, 2.05) is 0 Å². The first-order chi connectivity index (χ1) is 5.33. The van der Waals surface area contributed by atoms with Crippen molar-refractivity contribution in [2.45, 2.75) is 0 Å². The van der Waals surface area contributed by atoms with Gasteiger partial charge in [0.05, 0.1) is 11.5 Å². The maximum Gasteiger partial charge on any atom is 0.278 e. The Bertz CT molecular complexity index is 277. The topological polar surface area (TPSA) is 86.7 Å². The number of hydrogen-bond acceptors (Lipinski definition) is 8. The van der Waals surface area contributed by atoms with Gasteiger partial charge in [-0.1, -0.05) is 0 Å². The van der Waals surface area contributed by atoms with E-state index in [9.17, 15) is 16.8 Å². The predicted molar refractivity (Wildman–Crippen MR) is 47.7 cm³/mol. The Morgan fingerprint density at radius 1 is 0.833 bits per heavy atom. The Morgan fingerprint density at radius 2 is 1.08 bits per heavy atom. The molecule has 0 aromatic rings. The summed E-state index contributed by atoms with van der Waals surface area (Å²) in [6.07, 6.45) is 0. The van der Waals surface area contributed by atoms with Crippen molar-refractivity contribution in [3.8, 4) is 0 Å². The largest absolute Gasteiger partial charge is 0.278 e. The van der Waals surface area contributed by atoms with Crippen LogP contribution in [0.3, 0.4) is 0 Å². The average Bonchev–Trinajstić information content (AvgIpc) is 2.02. The molecule has 0 amide bonds. The first kappa shape index (κ1) is 12.5. The monoisotopic (exact) mass is 254 g/mol. The molecule has 0 saturated carbocycles. The molecule has 0 aromatic heterocycles. The van der Waals surface area contributed by atoms with Gasteiger partial charge >= 0.3 is 0 Å². The molecular weight excluding hydrogens is 248 g/mol. The zero-order valence-corrected chi connectivity index (χ0v) is 9.00. The van der Waals surface area contributed by atoms with Crippen molar-refractivity contribution in [1.82, 2.24) is 0 Å². The van der Waals surface area contributed by atoms with E-state index >= 15 is 0 Å². The molecule has 0 saturated heterocycles. The van der Waals surface area contributed by atoms with E-state index in [1.165, 1.54) is 0 Å². The molecular formula is C2H6O6S4. The summed E-state index contributed by atoms with van der Waals surface area (Å²) in [5.74, 6) is -1.45. The van der Waals surface area contributed by atoms with Gasteiger partial charge in [-0.25, -0.2) is 7.26 Å². The Balaban J connectivity index is 4.20. The molecule has 0 rings (SSSR count). The van der Waals surface area contributed by atoms with Crippen molar-refractivity contribution < 1.29 is 24.1 Å². The van der Waals surface area contributed by atoms with Crippen molar-refractivity contribution in [2.75, 3.05) is 11.5 Å². The van der Waals surface area contributed by atoms with Crippen LogP contribution in [0, 0.1) is 0 Å². The molecule has 0 aromatic carbocycles. The Labute approximate surface area is 81.7 Å². The zero-order chi connectivity index (χ0) is 9.83. The summed E-state index contributed by atoms with van der Waals surface area (Å²) in [4.78, 5) is 0. The van der Waals surface area contributed by atoms with Gasteiger partial charge in [0.2, 0.25) is 0 Å². The summed E-state index contributed by atoms with van der Waals surface area (Å²) >= 11 is 6.03. The SMILES string of the molecule is O=S(=O)(CCS(=O)(=O)OS)OS. The van der Waals surface area contributed by atoms with Gasteiger partial charge < -0.3 is 0 Å². The highest BCUT2D eigenvalue weighted by atomic mass is 32.3. The Morgan fingerprint density at radius 3 is 1.25 bits per heavy atom. The lowest BCUT2D eigenvalue weighted by Crippen LogP contribution is -2.16. The van der Waals surface area contributed by atoms with Crippen LogP contribution in [-0.4, -0.2) is 28.3 Å². The van der Waals surface area contributed by atoms with Crippen LogP contribution in [0.4, 0.5) is 0 Å². The molecule has 10 heteroatoms. The first-order valence-electron chi connectivity index (χ1n) is 2.44. The van der Waals surface area contributed by atoms with Crippen molar-refractivity contribution in [2.24, 2.45) is 0 Å². The van der Waals surface area contributed by atoms with Crippen LogP contribution in [0.2, 0.25) is 0 Å². The molecule has 0 bridgehead atoms. The van der Waals surface area contributed by atoms with Gasteiger partial charge in [0.1, 0.15) is 0 Å². The second-order valence-electron chi connectivity index (χ2n) is 1.67. The van der Waals surface area contributed by atoms with Crippen LogP contribution in [-0.2, 0) is 27.5 Å². The fourth-order valence-electron chi connectivity index (χ4n) is 0.279. The normalized spacial score (nSPS) is 13.2. The van der Waals surface area contributed by atoms with E-state index in [0.717, 1.165) is 0 Å². The van der Waals surface area contributed by atoms with Crippen LogP contribution in [0.1, 0.15) is 0 Å². The Kier molecular flexibility index (Phi) is 4.87. The minimum atomic E-state index is -3.89. The summed E-state index contributed by atoms with van der Waals surface area (Å²) in [7, 11) is -7.78. The first-order valence-corrected chi connectivity index (χ1v) is 6.33. The van der Waals surface area contributed by atoms with E-state index in [0.29, 0.717) is 0 Å². The quantitative estimate of drug-likeness (QED) is 0.502. The van der Waals surface area contributed by atoms with Crippen LogP contribution in [0.5, 0.6) is 0 Å². The highest BCUT2D eigenvalue weighted by Crippen LogP contribution is 2.01. The molecule has 12 heavy (non-hydrogen) atoms. The molecule has 6 nitrogen and oxygen atoms in total. The molecule has 0 atom stereocenters. The van der Waals surface area contributed by atoms with Crippen molar-refractivity contribution >= 4 is 46.1 Å². The fraction of sp³-hybridized carbons (Fsp3) is 1.00. The minimum Gasteiger partial charge on any atom is -0.201 e. The molecule has 74 valence electrons. The van der Waals surface area contributed by atoms with Gasteiger partial charge in [-0.05, 0) is 25.8 Å². The fourth-order valence-corrected chi connectivity index (χ4v) is 2.51. The van der Waals surface area contributed by atoms with E-state index in [1.54, 1.807) is 0 Å². The standard InChI is InChI=1S/C2H6O6S4/c3-11(4,7-9)1-2-12(5,6)8-10/h9-10H,1-2H2. The van der Waals surface area contributed by atoms with E-state index < -0.39 is 31.7 Å². The summed E-state index contributed by atoms with van der Waals surface area (Å²) < 4.78 is 49.5. The lowest BCUT2D eigenvalue weighted by Gasteiger charge is -1.99. The summed E-state index contributed by atoms with van der Waals surface area (Å²) in [6.45, 7) is 0. The van der Waals surface area contributed by atoms with Crippen molar-refractivity contribution in [3.63, 3.8) is 0 Å². The number of thiol groups is 2. The maximum absolute atomic E-state index is 10.5. The molecule has 0 spiro atoms. The third-order valence-electron chi connectivity index (χ3n) is 0.810. The predicted octanol–water partition coefficient (Wildman–Crippen LogP) is -0.631. The smallest absolute Gasteiger partial charge is 0.201 e. The van der Waals surface area contributed by atoms with Gasteiger partial charge in [0, 0.05) is 0 Å². The second kappa shape index (κ2) is 4.67. The number of hydrogen-bond donors (Lipinski definition) is 2. The third-order valence-corrected chi connectivity index (χ3v) is 4.29. The van der Waals surface area contributed by atoms with Gasteiger partial charge in [0.15, 0.2) is 0 Å². The minimum absolute atomic E-state index is 0.723. The lowest BCUT2D eigenvalue weighted by molar-refractivity contribution is 0.510. The van der Waals surface area contributed by atoms with Gasteiger partial charge in [-0.15, -0.1) is 0 Å². The molecule has 0 aliphatic heterocycles. The van der Waals surface area contributed by atoms with Crippen molar-refractivity contribution in [1.29, 1.82) is 0 Å². The third kappa shape index (κ3) is 5.22. The van der Waals surface area contributed by atoms with Crippen LogP contribution in [0.15, 0.2) is 0 Å². The molecule has 0 aliphatic rings. The van der Waals surface area contributed by atoms with Gasteiger partial charge in [0.25, 0.3) is 20.2 Å². The van der Waals surface area contributed by atoms with Gasteiger partial charge in [-0.3, -0.25) is 0 Å². The van der Waals surface area contributed by atoms with Gasteiger partial charge in [-0.2, -0.15) is 16.8 Å². The summed E-state index contributed by atoms with van der Waals surface area (Å²) in [5, 5.41) is 0. The second-order valence-corrected chi connectivity index (χ2v) is 5.91. The van der Waals surface area contributed by atoms with Crippen molar-refractivity contribution in [3.05, 3.63) is 0 Å². The van der Waals surface area contributed by atoms with E-state index in [-0.39, 0.29) is 0 Å². The average molecular weight is 254 g/mol. The van der Waals surface area contributed by atoms with Crippen LogP contribution >= 0.6 is 25.8 Å². The maximum atomic E-state index is 10.5. The van der Waals surface area contributed by atoms with Crippen LogP contribution in [0.25, 0.3) is 0 Å². The highest BCUT2D eigenvalue weighted by Gasteiger charge is 2.17. The summed E-state index contributed by atoms with van der Waals surface area (Å²) in [5.41, 5.74) is 0. The summed E-state index contributed by atoms with van der Waals surface area (Å²) in [6, 6.07) is 0. The molecule has 0 N–H and O–H groups in total. The highest BCUT2D eigenvalue weighted by molar-refractivity contribution is 7.98. The molecule has 0 fully saturated rings. The van der Waals surface area contributed by atoms with E-state index in [4.69, 9.17) is 0 Å². The Hall–Kier alpha value is 0.520. The molecule has 0 heterocycles. The lowest BCUT2D eigenvalue weighted by atomic mass is 11.0.